The molecular weight excluding hydrogens is 330 g/mol. The summed E-state index contributed by atoms with van der Waals surface area (Å²) in [4.78, 5) is 4.20. The van der Waals surface area contributed by atoms with Crippen molar-refractivity contribution in [1.29, 1.82) is 0 Å². The molecule has 0 radical (unpaired) electrons. The third-order valence-electron chi connectivity index (χ3n) is 3.86. The monoisotopic (exact) mass is 351 g/mol. The lowest BCUT2D eigenvalue weighted by Crippen LogP contribution is -2.26. The number of nitrogens with zero attached hydrogens (tertiary/aromatic N) is 3. The maximum absolute atomic E-state index is 12.4. The molecule has 0 aliphatic carbocycles. The third-order valence-corrected chi connectivity index (χ3v) is 5.48. The predicted molar refractivity (Wildman–Crippen MR) is 88.1 cm³/mol. The van der Waals surface area contributed by atoms with E-state index in [4.69, 9.17) is 4.74 Å². The van der Waals surface area contributed by atoms with E-state index in [9.17, 15) is 8.42 Å². The Bertz CT molecular complexity index is 793. The highest BCUT2D eigenvalue weighted by Crippen LogP contribution is 2.17. The Morgan fingerprint density at radius 1 is 1.50 bits per heavy atom. The molecular formula is C15H21N5O3S. The lowest BCUT2D eigenvalue weighted by Gasteiger charge is -2.13. The average Bonchev–Trinajstić information content (AvgIpc) is 3.16. The molecule has 1 aliphatic heterocycles. The molecule has 130 valence electrons. The Kier molecular flexibility index (Phi) is 4.83. The number of pyridine rings is 1. The summed E-state index contributed by atoms with van der Waals surface area (Å²) in [5.74, 6) is 0.699. The summed E-state index contributed by atoms with van der Waals surface area (Å²) < 4.78 is 34.6. The van der Waals surface area contributed by atoms with Crippen LogP contribution in [-0.4, -0.2) is 42.4 Å². The van der Waals surface area contributed by atoms with Gasteiger partial charge in [-0.05, 0) is 26.0 Å². The Balaban J connectivity index is 1.68. The fourth-order valence-corrected chi connectivity index (χ4v) is 4.05. The summed E-state index contributed by atoms with van der Waals surface area (Å²) in [6.07, 6.45) is 4.26. The van der Waals surface area contributed by atoms with E-state index >= 15 is 0 Å². The van der Waals surface area contributed by atoms with Crippen LogP contribution in [0.15, 0.2) is 29.6 Å². The number of rotatable bonds is 6. The largest absolute Gasteiger partial charge is 0.489 e. The van der Waals surface area contributed by atoms with Crippen LogP contribution in [0.4, 0.5) is 0 Å². The van der Waals surface area contributed by atoms with Gasteiger partial charge in [-0.25, -0.2) is 13.1 Å². The molecule has 1 aliphatic rings. The van der Waals surface area contributed by atoms with Crippen LogP contribution in [0.1, 0.15) is 17.7 Å². The van der Waals surface area contributed by atoms with Crippen LogP contribution in [0.25, 0.3) is 0 Å². The van der Waals surface area contributed by atoms with Crippen molar-refractivity contribution in [3.8, 4) is 5.75 Å². The van der Waals surface area contributed by atoms with Crippen molar-refractivity contribution in [2.75, 3.05) is 13.1 Å². The summed E-state index contributed by atoms with van der Waals surface area (Å²) in [7, 11) is -2.05. The zero-order valence-corrected chi connectivity index (χ0v) is 14.5. The number of nitrogens with one attached hydrogen (secondary N) is 2. The molecule has 0 aromatic carbocycles. The second-order valence-electron chi connectivity index (χ2n) is 5.80. The molecule has 2 N–H and O–H groups in total. The number of aryl methyl sites for hydroxylation is 2. The molecule has 1 unspecified atom stereocenters. The zero-order chi connectivity index (χ0) is 17.2. The standard InChI is InChI=1S/C15H21N5O3S/c1-11-8-18-20(2)15(11)24(21,22)19-9-12-7-13(4-6-17-12)23-14-3-5-16-10-14/h4,6-8,14,16,19H,3,5,9-10H2,1-2H3. The average molecular weight is 351 g/mol. The molecule has 3 heterocycles. The molecule has 2 aromatic rings. The molecule has 1 saturated heterocycles. The highest BCUT2D eigenvalue weighted by atomic mass is 32.2. The summed E-state index contributed by atoms with van der Waals surface area (Å²) in [5, 5.41) is 7.36. The minimum atomic E-state index is -3.65. The Morgan fingerprint density at radius 3 is 3.00 bits per heavy atom. The van der Waals surface area contributed by atoms with Crippen molar-refractivity contribution in [2.45, 2.75) is 31.0 Å². The molecule has 0 amide bonds. The third kappa shape index (κ3) is 3.74. The van der Waals surface area contributed by atoms with Crippen molar-refractivity contribution in [2.24, 2.45) is 7.05 Å². The summed E-state index contributed by atoms with van der Waals surface area (Å²) in [5.41, 5.74) is 1.20. The SMILES string of the molecule is Cc1cnn(C)c1S(=O)(=O)NCc1cc(OC2CCNC2)ccn1. The normalized spacial score (nSPS) is 18.0. The van der Waals surface area contributed by atoms with Crippen LogP contribution in [0, 0.1) is 6.92 Å². The predicted octanol–water partition coefficient (Wildman–Crippen LogP) is 0.343. The summed E-state index contributed by atoms with van der Waals surface area (Å²) in [6, 6.07) is 3.54. The molecule has 1 atom stereocenters. The van der Waals surface area contributed by atoms with Crippen LogP contribution < -0.4 is 14.8 Å². The fraction of sp³-hybridized carbons (Fsp3) is 0.467. The lowest BCUT2D eigenvalue weighted by molar-refractivity contribution is 0.222. The van der Waals surface area contributed by atoms with E-state index in [1.807, 2.05) is 0 Å². The van der Waals surface area contributed by atoms with E-state index in [0.717, 1.165) is 19.5 Å². The topological polar surface area (TPSA) is 98.1 Å². The molecule has 1 fully saturated rings. The summed E-state index contributed by atoms with van der Waals surface area (Å²) in [6.45, 7) is 3.58. The first-order valence-electron chi connectivity index (χ1n) is 7.76. The molecule has 0 saturated carbocycles. The number of ether oxygens (including phenoxy) is 1. The van der Waals surface area contributed by atoms with Crippen LogP contribution in [0.5, 0.6) is 5.75 Å². The Labute approximate surface area is 141 Å². The number of hydrogen-bond donors (Lipinski definition) is 2. The van der Waals surface area contributed by atoms with E-state index in [0.29, 0.717) is 17.0 Å². The van der Waals surface area contributed by atoms with Gasteiger partial charge in [0.15, 0.2) is 5.03 Å². The highest BCUT2D eigenvalue weighted by molar-refractivity contribution is 7.89. The minimum absolute atomic E-state index is 0.0903. The second kappa shape index (κ2) is 6.88. The molecule has 2 aromatic heterocycles. The van der Waals surface area contributed by atoms with Gasteiger partial charge in [0.05, 0.1) is 18.4 Å². The van der Waals surface area contributed by atoms with Gasteiger partial charge in [-0.2, -0.15) is 5.10 Å². The van der Waals surface area contributed by atoms with Crippen LogP contribution in [0.3, 0.4) is 0 Å². The summed E-state index contributed by atoms with van der Waals surface area (Å²) >= 11 is 0. The quantitative estimate of drug-likeness (QED) is 0.779. The van der Waals surface area contributed by atoms with Gasteiger partial charge in [0.1, 0.15) is 11.9 Å². The van der Waals surface area contributed by atoms with Crippen LogP contribution >= 0.6 is 0 Å². The highest BCUT2D eigenvalue weighted by Gasteiger charge is 2.21. The molecule has 8 nitrogen and oxygen atoms in total. The maximum Gasteiger partial charge on any atom is 0.258 e. The van der Waals surface area contributed by atoms with E-state index in [1.54, 1.807) is 32.3 Å². The number of hydrogen-bond acceptors (Lipinski definition) is 6. The van der Waals surface area contributed by atoms with Crippen molar-refractivity contribution in [3.05, 3.63) is 35.8 Å². The second-order valence-corrected chi connectivity index (χ2v) is 7.48. The van der Waals surface area contributed by atoms with Crippen molar-refractivity contribution >= 4 is 10.0 Å². The molecule has 9 heteroatoms. The molecule has 0 spiro atoms. The fourth-order valence-electron chi connectivity index (χ4n) is 2.71. The van der Waals surface area contributed by atoms with Crippen LogP contribution in [0.2, 0.25) is 0 Å². The zero-order valence-electron chi connectivity index (χ0n) is 13.7. The number of aromatic nitrogens is 3. The minimum Gasteiger partial charge on any atom is -0.489 e. The molecule has 3 rings (SSSR count). The first-order valence-corrected chi connectivity index (χ1v) is 9.24. The van der Waals surface area contributed by atoms with Gasteiger partial charge in [0.2, 0.25) is 0 Å². The van der Waals surface area contributed by atoms with Gasteiger partial charge in [-0.1, -0.05) is 0 Å². The van der Waals surface area contributed by atoms with Crippen molar-refractivity contribution in [3.63, 3.8) is 0 Å². The Morgan fingerprint density at radius 2 is 2.33 bits per heavy atom. The van der Waals surface area contributed by atoms with Gasteiger partial charge in [-0.3, -0.25) is 9.67 Å². The van der Waals surface area contributed by atoms with Gasteiger partial charge >= 0.3 is 0 Å². The smallest absolute Gasteiger partial charge is 0.258 e. The van der Waals surface area contributed by atoms with Gasteiger partial charge in [0, 0.05) is 31.4 Å². The van der Waals surface area contributed by atoms with Crippen molar-refractivity contribution < 1.29 is 13.2 Å². The molecule has 0 bridgehead atoms. The van der Waals surface area contributed by atoms with E-state index in [-0.39, 0.29) is 17.7 Å². The van der Waals surface area contributed by atoms with Crippen LogP contribution in [-0.2, 0) is 23.6 Å². The van der Waals surface area contributed by atoms with E-state index in [1.165, 1.54) is 10.9 Å². The van der Waals surface area contributed by atoms with E-state index in [2.05, 4.69) is 20.1 Å². The van der Waals surface area contributed by atoms with Gasteiger partial charge in [0.25, 0.3) is 10.0 Å². The molecule has 24 heavy (non-hydrogen) atoms. The number of sulfonamides is 1. The van der Waals surface area contributed by atoms with Crippen molar-refractivity contribution in [1.82, 2.24) is 24.8 Å². The maximum atomic E-state index is 12.4. The van der Waals surface area contributed by atoms with Gasteiger partial charge < -0.3 is 10.1 Å². The van der Waals surface area contributed by atoms with Gasteiger partial charge in [-0.15, -0.1) is 0 Å². The van der Waals surface area contributed by atoms with E-state index < -0.39 is 10.0 Å². The first kappa shape index (κ1) is 16.9. The lowest BCUT2D eigenvalue weighted by atomic mass is 10.3. The first-order chi connectivity index (χ1) is 11.5. The Hall–Kier alpha value is -1.97.